The summed E-state index contributed by atoms with van der Waals surface area (Å²) < 4.78 is 10.2. The van der Waals surface area contributed by atoms with Crippen molar-refractivity contribution >= 4 is 17.8 Å². The highest BCUT2D eigenvalue weighted by molar-refractivity contribution is 5.96. The zero-order valence-corrected chi connectivity index (χ0v) is 16.1. The molecule has 0 saturated heterocycles. The molecule has 0 unspecified atom stereocenters. The molecule has 0 heterocycles. The number of hydrogen-bond acceptors (Lipinski definition) is 5. The summed E-state index contributed by atoms with van der Waals surface area (Å²) in [5.41, 5.74) is 1.32. The second-order valence-corrected chi connectivity index (χ2v) is 6.21. The molecule has 0 fully saturated rings. The monoisotopic (exact) mass is 384 g/mol. The van der Waals surface area contributed by atoms with Crippen LogP contribution in [0.1, 0.15) is 29.8 Å². The van der Waals surface area contributed by atoms with Gasteiger partial charge in [-0.2, -0.15) is 0 Å². The van der Waals surface area contributed by atoms with Crippen molar-refractivity contribution in [3.8, 4) is 5.75 Å². The van der Waals surface area contributed by atoms with Gasteiger partial charge in [0.15, 0.2) is 6.10 Å². The Kier molecular flexibility index (Phi) is 7.56. The molecule has 0 radical (unpaired) electrons. The van der Waals surface area contributed by atoms with Gasteiger partial charge in [-0.15, -0.1) is 0 Å². The van der Waals surface area contributed by atoms with Crippen LogP contribution in [0.3, 0.4) is 0 Å². The van der Waals surface area contributed by atoms with Gasteiger partial charge in [0, 0.05) is 12.1 Å². The fraction of sp³-hybridized carbons (Fsp3) is 0.286. The van der Waals surface area contributed by atoms with Gasteiger partial charge in [-0.05, 0) is 43.7 Å². The van der Waals surface area contributed by atoms with E-state index in [1.807, 2.05) is 12.1 Å². The molecule has 0 aromatic heterocycles. The van der Waals surface area contributed by atoms with E-state index < -0.39 is 24.0 Å². The van der Waals surface area contributed by atoms with Crippen molar-refractivity contribution < 1.29 is 23.9 Å². The van der Waals surface area contributed by atoms with Crippen LogP contribution in [0.4, 0.5) is 0 Å². The Bertz CT molecular complexity index is 805. The van der Waals surface area contributed by atoms with E-state index >= 15 is 0 Å². The molecule has 0 saturated carbocycles. The fourth-order valence-corrected chi connectivity index (χ4v) is 2.33. The minimum absolute atomic E-state index is 0.297. The van der Waals surface area contributed by atoms with E-state index in [0.717, 1.165) is 11.3 Å². The Labute approximate surface area is 164 Å². The third kappa shape index (κ3) is 6.12. The Morgan fingerprint density at radius 1 is 0.964 bits per heavy atom. The first-order chi connectivity index (χ1) is 13.4. The first-order valence-electron chi connectivity index (χ1n) is 8.87. The van der Waals surface area contributed by atoms with Gasteiger partial charge in [0.1, 0.15) is 11.8 Å². The van der Waals surface area contributed by atoms with Crippen molar-refractivity contribution in [1.29, 1.82) is 0 Å². The second-order valence-electron chi connectivity index (χ2n) is 6.21. The average Bonchev–Trinajstić information content (AvgIpc) is 2.72. The lowest BCUT2D eigenvalue weighted by Gasteiger charge is -2.17. The van der Waals surface area contributed by atoms with Gasteiger partial charge in [-0.3, -0.25) is 9.59 Å². The summed E-state index contributed by atoms with van der Waals surface area (Å²) in [6.45, 7) is 3.28. The van der Waals surface area contributed by atoms with Crippen LogP contribution in [0, 0.1) is 0 Å². The largest absolute Gasteiger partial charge is 0.497 e. The first-order valence-corrected chi connectivity index (χ1v) is 8.87. The first kappa shape index (κ1) is 21.0. The highest BCUT2D eigenvalue weighted by Gasteiger charge is 2.23. The molecule has 2 N–H and O–H groups in total. The molecule has 7 heteroatoms. The molecule has 0 bridgehead atoms. The van der Waals surface area contributed by atoms with Gasteiger partial charge in [0.2, 0.25) is 0 Å². The molecule has 7 nitrogen and oxygen atoms in total. The Hall–Kier alpha value is -3.35. The van der Waals surface area contributed by atoms with Crippen LogP contribution < -0.4 is 15.4 Å². The van der Waals surface area contributed by atoms with Gasteiger partial charge in [-0.25, -0.2) is 4.79 Å². The van der Waals surface area contributed by atoms with Gasteiger partial charge >= 0.3 is 5.97 Å². The smallest absolute Gasteiger partial charge is 0.329 e. The minimum atomic E-state index is -0.984. The van der Waals surface area contributed by atoms with Crippen molar-refractivity contribution in [2.45, 2.75) is 32.5 Å². The predicted octanol–water partition coefficient (Wildman–Crippen LogP) is 2.06. The van der Waals surface area contributed by atoms with Crippen molar-refractivity contribution in [1.82, 2.24) is 10.6 Å². The van der Waals surface area contributed by atoms with E-state index in [1.165, 1.54) is 13.8 Å². The normalized spacial score (nSPS) is 12.4. The molecule has 0 aliphatic heterocycles. The number of methoxy groups -OCH3 is 1. The quantitative estimate of drug-likeness (QED) is 0.680. The zero-order chi connectivity index (χ0) is 20.5. The van der Waals surface area contributed by atoms with Crippen LogP contribution >= 0.6 is 0 Å². The number of carbonyl (C=O) groups is 3. The maximum atomic E-state index is 12.1. The third-order valence-corrected chi connectivity index (χ3v) is 4.03. The molecule has 148 valence electrons. The number of hydrogen-bond donors (Lipinski definition) is 2. The Morgan fingerprint density at radius 2 is 1.61 bits per heavy atom. The molecule has 2 amide bonds. The van der Waals surface area contributed by atoms with Gasteiger partial charge < -0.3 is 20.1 Å². The number of esters is 1. The summed E-state index contributed by atoms with van der Waals surface area (Å²) in [6, 6.07) is 14.9. The molecule has 2 aromatic rings. The molecular formula is C21H24N2O5. The number of amides is 2. The minimum Gasteiger partial charge on any atom is -0.497 e. The summed E-state index contributed by atoms with van der Waals surface area (Å²) >= 11 is 0. The van der Waals surface area contributed by atoms with Crippen LogP contribution in [-0.2, 0) is 20.9 Å². The third-order valence-electron chi connectivity index (χ3n) is 4.03. The van der Waals surface area contributed by atoms with E-state index in [2.05, 4.69) is 10.6 Å². The maximum Gasteiger partial charge on any atom is 0.329 e. The molecule has 0 aliphatic rings. The standard InChI is InChI=1S/C21H24N2O5/c1-14(23-20(25)17-7-5-4-6-8-17)21(26)28-15(2)19(24)22-13-16-9-11-18(27-3)12-10-16/h4-12,14-15H,13H2,1-3H3,(H,22,24)(H,23,25)/t14-,15-/m0/s1. The molecule has 2 rings (SSSR count). The molecular weight excluding hydrogens is 360 g/mol. The van der Waals surface area contributed by atoms with Crippen LogP contribution in [-0.4, -0.2) is 37.0 Å². The van der Waals surface area contributed by atoms with E-state index in [4.69, 9.17) is 9.47 Å². The molecule has 0 spiro atoms. The maximum absolute atomic E-state index is 12.1. The SMILES string of the molecule is COc1ccc(CNC(=O)[C@H](C)OC(=O)[C@H](C)NC(=O)c2ccccc2)cc1. The molecule has 2 aromatic carbocycles. The number of rotatable bonds is 8. The van der Waals surface area contributed by atoms with Crippen molar-refractivity contribution in [2.24, 2.45) is 0 Å². The van der Waals surface area contributed by atoms with E-state index in [0.29, 0.717) is 12.1 Å². The van der Waals surface area contributed by atoms with Crippen LogP contribution in [0.25, 0.3) is 0 Å². The van der Waals surface area contributed by atoms with E-state index in [1.54, 1.807) is 49.6 Å². The van der Waals surface area contributed by atoms with Crippen molar-refractivity contribution in [3.05, 3.63) is 65.7 Å². The summed E-state index contributed by atoms with van der Waals surface area (Å²) in [5.74, 6) is -0.771. The lowest BCUT2D eigenvalue weighted by molar-refractivity contribution is -0.156. The van der Waals surface area contributed by atoms with Crippen LogP contribution in [0.2, 0.25) is 0 Å². The number of benzene rings is 2. The van der Waals surface area contributed by atoms with Crippen molar-refractivity contribution in [2.75, 3.05) is 7.11 Å². The second kappa shape index (κ2) is 10.1. The Morgan fingerprint density at radius 3 is 2.21 bits per heavy atom. The highest BCUT2D eigenvalue weighted by Crippen LogP contribution is 2.11. The molecule has 28 heavy (non-hydrogen) atoms. The molecule has 2 atom stereocenters. The highest BCUT2D eigenvalue weighted by atomic mass is 16.5. The van der Waals surface area contributed by atoms with Crippen LogP contribution in [0.15, 0.2) is 54.6 Å². The van der Waals surface area contributed by atoms with Gasteiger partial charge in [0.25, 0.3) is 11.8 Å². The number of carbonyl (C=O) groups excluding carboxylic acids is 3. The average molecular weight is 384 g/mol. The van der Waals surface area contributed by atoms with Crippen molar-refractivity contribution in [3.63, 3.8) is 0 Å². The van der Waals surface area contributed by atoms with Gasteiger partial charge in [0.05, 0.1) is 7.11 Å². The lowest BCUT2D eigenvalue weighted by atomic mass is 10.2. The summed E-state index contributed by atoms with van der Waals surface area (Å²) in [5, 5.41) is 5.25. The van der Waals surface area contributed by atoms with Gasteiger partial charge in [-0.1, -0.05) is 30.3 Å². The van der Waals surface area contributed by atoms with E-state index in [9.17, 15) is 14.4 Å². The number of nitrogens with one attached hydrogen (secondary N) is 2. The summed E-state index contributed by atoms with van der Waals surface area (Å²) in [4.78, 5) is 36.4. The molecule has 0 aliphatic carbocycles. The Balaban J connectivity index is 1.79. The zero-order valence-electron chi connectivity index (χ0n) is 16.1. The van der Waals surface area contributed by atoms with Crippen LogP contribution in [0.5, 0.6) is 5.75 Å². The predicted molar refractivity (Wildman–Crippen MR) is 104 cm³/mol. The summed E-state index contributed by atoms with van der Waals surface area (Å²) in [6.07, 6.45) is -0.984. The lowest BCUT2D eigenvalue weighted by Crippen LogP contribution is -2.43. The number of ether oxygens (including phenoxy) is 2. The van der Waals surface area contributed by atoms with E-state index in [-0.39, 0.29) is 5.91 Å². The fourth-order valence-electron chi connectivity index (χ4n) is 2.33. The topological polar surface area (TPSA) is 93.7 Å². The summed E-state index contributed by atoms with van der Waals surface area (Å²) in [7, 11) is 1.58.